The number of β-lactam (4-membered cyclic amide) rings is 1. The molecule has 2 atom stereocenters. The Kier molecular flexibility index (Phi) is 5.49. The highest BCUT2D eigenvalue weighted by molar-refractivity contribution is 8.00. The van der Waals surface area contributed by atoms with Gasteiger partial charge in [-0.1, -0.05) is 11.2 Å². The molecule has 0 radical (unpaired) electrons. The number of thiazole rings is 1. The molecule has 2 aliphatic rings. The molecular formula is C17H15N5O5S3. The topological polar surface area (TPSA) is 147 Å². The van der Waals surface area contributed by atoms with E-state index in [9.17, 15) is 19.5 Å². The summed E-state index contributed by atoms with van der Waals surface area (Å²) in [6, 6.07) is 2.76. The second-order valence-electron chi connectivity index (χ2n) is 6.16. The Hall–Kier alpha value is -2.90. The average Bonchev–Trinajstić information content (AvgIpc) is 3.40. The third-order valence-electron chi connectivity index (χ3n) is 4.44. The van der Waals surface area contributed by atoms with Gasteiger partial charge in [0, 0.05) is 21.6 Å². The third kappa shape index (κ3) is 3.44. The highest BCUT2D eigenvalue weighted by atomic mass is 32.2. The lowest BCUT2D eigenvalue weighted by Crippen LogP contribution is -2.71. The van der Waals surface area contributed by atoms with Crippen LogP contribution in [0, 0.1) is 0 Å². The summed E-state index contributed by atoms with van der Waals surface area (Å²) in [4.78, 5) is 48.2. The van der Waals surface area contributed by atoms with Gasteiger partial charge in [-0.05, 0) is 11.4 Å². The van der Waals surface area contributed by atoms with Gasteiger partial charge in [0.1, 0.15) is 29.9 Å². The van der Waals surface area contributed by atoms with E-state index < -0.39 is 29.2 Å². The van der Waals surface area contributed by atoms with Crippen molar-refractivity contribution in [2.24, 2.45) is 5.16 Å². The van der Waals surface area contributed by atoms with E-state index in [-0.39, 0.29) is 22.2 Å². The Labute approximate surface area is 182 Å². The van der Waals surface area contributed by atoms with Crippen molar-refractivity contribution >= 4 is 68.6 Å². The number of anilines is 1. The second kappa shape index (κ2) is 8.08. The molecule has 30 heavy (non-hydrogen) atoms. The summed E-state index contributed by atoms with van der Waals surface area (Å²) in [6.45, 7) is 0. The molecule has 13 heteroatoms. The first-order valence-electron chi connectivity index (χ1n) is 8.50. The number of aromatic nitrogens is 1. The minimum atomic E-state index is -1.18. The summed E-state index contributed by atoms with van der Waals surface area (Å²) in [5, 5.41) is 19.2. The van der Waals surface area contributed by atoms with E-state index in [1.807, 2.05) is 17.5 Å². The number of nitrogens with two attached hydrogens (primary N) is 1. The van der Waals surface area contributed by atoms with Crippen molar-refractivity contribution < 1.29 is 24.3 Å². The van der Waals surface area contributed by atoms with Crippen molar-refractivity contribution in [3.8, 4) is 0 Å². The number of hydrogen-bond acceptors (Lipinski definition) is 10. The van der Waals surface area contributed by atoms with Crippen LogP contribution in [-0.2, 0) is 19.2 Å². The Bertz CT molecular complexity index is 1080. The fourth-order valence-corrected chi connectivity index (χ4v) is 5.94. The zero-order chi connectivity index (χ0) is 21.4. The van der Waals surface area contributed by atoms with Crippen LogP contribution >= 0.6 is 34.4 Å². The Morgan fingerprint density at radius 3 is 2.83 bits per heavy atom. The molecule has 156 valence electrons. The summed E-state index contributed by atoms with van der Waals surface area (Å²) >= 11 is 3.94. The first kappa shape index (κ1) is 20.4. The molecule has 1 fully saturated rings. The monoisotopic (exact) mass is 465 g/mol. The van der Waals surface area contributed by atoms with Gasteiger partial charge in [0.15, 0.2) is 10.8 Å². The van der Waals surface area contributed by atoms with Crippen molar-refractivity contribution in [2.75, 3.05) is 18.6 Å². The number of rotatable bonds is 6. The normalized spacial score (nSPS) is 21.2. The molecule has 2 aromatic rings. The zero-order valence-corrected chi connectivity index (χ0v) is 17.8. The molecule has 2 aromatic heterocycles. The van der Waals surface area contributed by atoms with Crippen LogP contribution in [0.15, 0.2) is 33.7 Å². The molecule has 4 rings (SSSR count). The minimum absolute atomic E-state index is 0.0465. The van der Waals surface area contributed by atoms with Gasteiger partial charge in [0.05, 0.1) is 0 Å². The number of amides is 2. The molecule has 4 N–H and O–H groups in total. The number of nitrogen functional groups attached to an aromatic ring is 1. The van der Waals surface area contributed by atoms with Gasteiger partial charge in [0.2, 0.25) is 0 Å². The Balaban J connectivity index is 1.56. The van der Waals surface area contributed by atoms with Crippen LogP contribution in [-0.4, -0.2) is 62.8 Å². The smallest absolute Gasteiger partial charge is 0.353 e. The maximum absolute atomic E-state index is 12.8. The standard InChI is InChI=1S/C17H15N5O5S3/c1-27-21-10(8-6-30-17(18)19-8)13(23)20-11-14(24)22-12(16(25)26)7(5-29-15(11)22)9-3-2-4-28-9/h2-4,6,11,15H,5H2,1H3,(H2,18,19)(H,20,23)(H,25,26)/t11-,15+/m1/s1. The van der Waals surface area contributed by atoms with Crippen LogP contribution in [0.1, 0.15) is 10.6 Å². The molecule has 4 heterocycles. The van der Waals surface area contributed by atoms with Crippen LogP contribution in [0.4, 0.5) is 5.13 Å². The van der Waals surface area contributed by atoms with Crippen LogP contribution in [0.5, 0.6) is 0 Å². The highest BCUT2D eigenvalue weighted by Gasteiger charge is 2.54. The van der Waals surface area contributed by atoms with Crippen molar-refractivity contribution in [3.05, 3.63) is 39.2 Å². The molecule has 0 bridgehead atoms. The summed E-state index contributed by atoms with van der Waals surface area (Å²) < 4.78 is 0. The van der Waals surface area contributed by atoms with E-state index in [1.165, 1.54) is 35.1 Å². The summed E-state index contributed by atoms with van der Waals surface area (Å²) in [6.07, 6.45) is 0. The van der Waals surface area contributed by atoms with Crippen LogP contribution in [0.3, 0.4) is 0 Å². The zero-order valence-electron chi connectivity index (χ0n) is 15.4. The van der Waals surface area contributed by atoms with Gasteiger partial charge in [-0.15, -0.1) is 34.4 Å². The van der Waals surface area contributed by atoms with Crippen molar-refractivity contribution in [1.82, 2.24) is 15.2 Å². The molecule has 1 saturated heterocycles. The lowest BCUT2D eigenvalue weighted by molar-refractivity contribution is -0.149. The second-order valence-corrected chi connectivity index (χ2v) is 9.11. The lowest BCUT2D eigenvalue weighted by Gasteiger charge is -2.49. The number of nitrogens with one attached hydrogen (secondary N) is 1. The van der Waals surface area contributed by atoms with E-state index in [0.29, 0.717) is 11.3 Å². The number of aliphatic carboxylic acids is 1. The van der Waals surface area contributed by atoms with Crippen LogP contribution < -0.4 is 11.1 Å². The summed E-state index contributed by atoms with van der Waals surface area (Å²) in [5.74, 6) is -1.93. The number of carboxylic acid groups (broad SMARTS) is 1. The Morgan fingerprint density at radius 1 is 1.43 bits per heavy atom. The third-order valence-corrected chi connectivity index (χ3v) is 7.32. The SMILES string of the molecule is CON=C(C(=O)N[C@@H]1C(=O)N2C(C(=O)O)=C(c3cccs3)CS[C@@H]12)c1csc(N)n1. The lowest BCUT2D eigenvalue weighted by atomic mass is 10.0. The van der Waals surface area contributed by atoms with Gasteiger partial charge in [0.25, 0.3) is 11.8 Å². The van der Waals surface area contributed by atoms with Crippen molar-refractivity contribution in [2.45, 2.75) is 11.4 Å². The first-order chi connectivity index (χ1) is 14.4. The van der Waals surface area contributed by atoms with E-state index in [2.05, 4.69) is 15.5 Å². The number of nitrogens with zero attached hydrogens (tertiary/aromatic N) is 3. The van der Waals surface area contributed by atoms with Gasteiger partial charge >= 0.3 is 5.97 Å². The van der Waals surface area contributed by atoms with Gasteiger partial charge in [-0.3, -0.25) is 14.5 Å². The molecule has 0 unspecified atom stereocenters. The highest BCUT2D eigenvalue weighted by Crippen LogP contribution is 2.44. The first-order valence-corrected chi connectivity index (χ1v) is 11.3. The molecule has 0 aromatic carbocycles. The quantitative estimate of drug-likeness (QED) is 0.326. The van der Waals surface area contributed by atoms with Crippen molar-refractivity contribution in [3.63, 3.8) is 0 Å². The van der Waals surface area contributed by atoms with Crippen LogP contribution in [0.2, 0.25) is 0 Å². The summed E-state index contributed by atoms with van der Waals surface area (Å²) in [7, 11) is 1.28. The molecule has 0 saturated carbocycles. The minimum Gasteiger partial charge on any atom is -0.477 e. The number of thioether (sulfide) groups is 1. The number of carboxylic acids is 1. The van der Waals surface area contributed by atoms with Gasteiger partial charge in [-0.2, -0.15) is 0 Å². The molecular weight excluding hydrogens is 450 g/mol. The van der Waals surface area contributed by atoms with E-state index in [1.54, 1.807) is 5.38 Å². The molecule has 0 spiro atoms. The number of hydrogen-bond donors (Lipinski definition) is 3. The fourth-order valence-electron chi connectivity index (χ4n) is 3.16. The predicted octanol–water partition coefficient (Wildman–Crippen LogP) is 1.03. The maximum atomic E-state index is 12.8. The molecule has 10 nitrogen and oxygen atoms in total. The van der Waals surface area contributed by atoms with Crippen molar-refractivity contribution in [1.29, 1.82) is 0 Å². The summed E-state index contributed by atoms with van der Waals surface area (Å²) in [5.41, 5.74) is 6.27. The number of carbonyl (C=O) groups is 3. The van der Waals surface area contributed by atoms with E-state index in [4.69, 9.17) is 10.6 Å². The van der Waals surface area contributed by atoms with Crippen LogP contribution in [0.25, 0.3) is 5.57 Å². The van der Waals surface area contributed by atoms with Gasteiger partial charge < -0.3 is 21.0 Å². The van der Waals surface area contributed by atoms with Gasteiger partial charge in [-0.25, -0.2) is 9.78 Å². The number of oxime groups is 1. The fraction of sp³-hybridized carbons (Fsp3) is 0.235. The average molecular weight is 466 g/mol. The van der Waals surface area contributed by atoms with E-state index >= 15 is 0 Å². The molecule has 0 aliphatic carbocycles. The Morgan fingerprint density at radius 2 is 2.23 bits per heavy atom. The largest absolute Gasteiger partial charge is 0.477 e. The number of thiophene rings is 1. The predicted molar refractivity (Wildman–Crippen MR) is 114 cm³/mol. The number of carbonyl (C=O) groups excluding carboxylic acids is 2. The molecule has 2 amide bonds. The molecule has 2 aliphatic heterocycles. The number of fused-ring (bicyclic) bond motifs is 1. The van der Waals surface area contributed by atoms with E-state index in [0.717, 1.165) is 16.2 Å². The maximum Gasteiger partial charge on any atom is 0.353 e.